The molecule has 1 aromatic heterocycles. The van der Waals surface area contributed by atoms with Gasteiger partial charge in [-0.1, -0.05) is 6.07 Å². The SMILES string of the molecule is O=C(Cc1cccs1)N1C[C@H]2C[C@@H](N3CCOCC3)[C@H](O)C[C@H]2C1. The Morgan fingerprint density at radius 1 is 1.25 bits per heavy atom. The molecule has 3 heterocycles. The van der Waals surface area contributed by atoms with E-state index in [4.69, 9.17) is 4.74 Å². The fourth-order valence-electron chi connectivity index (χ4n) is 4.59. The Morgan fingerprint density at radius 3 is 2.71 bits per heavy atom. The van der Waals surface area contributed by atoms with Crippen molar-refractivity contribution in [1.29, 1.82) is 0 Å². The number of hydrogen-bond acceptors (Lipinski definition) is 5. The van der Waals surface area contributed by atoms with Crippen LogP contribution in [-0.2, 0) is 16.0 Å². The highest BCUT2D eigenvalue weighted by molar-refractivity contribution is 7.10. The topological polar surface area (TPSA) is 53.0 Å². The number of rotatable bonds is 3. The average Bonchev–Trinajstić information content (AvgIpc) is 3.24. The lowest BCUT2D eigenvalue weighted by atomic mass is 9.77. The summed E-state index contributed by atoms with van der Waals surface area (Å²) in [5.74, 6) is 1.24. The number of hydrogen-bond donors (Lipinski definition) is 1. The quantitative estimate of drug-likeness (QED) is 0.891. The van der Waals surface area contributed by atoms with E-state index >= 15 is 0 Å². The molecule has 1 N–H and O–H groups in total. The van der Waals surface area contributed by atoms with Crippen molar-refractivity contribution in [2.45, 2.75) is 31.4 Å². The second-order valence-corrected chi connectivity index (χ2v) is 8.36. The van der Waals surface area contributed by atoms with E-state index in [0.717, 1.165) is 57.1 Å². The molecule has 0 unspecified atom stereocenters. The molecule has 1 saturated carbocycles. The number of aliphatic hydroxyl groups is 1. The molecule has 1 amide bonds. The zero-order chi connectivity index (χ0) is 16.5. The van der Waals surface area contributed by atoms with Crippen LogP contribution in [0.4, 0.5) is 0 Å². The average molecular weight is 350 g/mol. The first-order valence-electron chi connectivity index (χ1n) is 9.00. The van der Waals surface area contributed by atoms with Crippen LogP contribution in [0, 0.1) is 11.8 Å². The molecule has 4 atom stereocenters. The number of morpholine rings is 1. The van der Waals surface area contributed by atoms with Crippen LogP contribution in [-0.4, -0.2) is 72.4 Å². The number of thiophene rings is 1. The standard InChI is InChI=1S/C18H26N2O3S/c21-17-9-14-12-20(18(22)10-15-2-1-7-24-15)11-13(14)8-16(17)19-3-5-23-6-4-19/h1-2,7,13-14,16-17,21H,3-6,8-12H2/t13-,14+,16-,17-/m1/s1. The minimum atomic E-state index is -0.267. The van der Waals surface area contributed by atoms with Gasteiger partial charge in [-0.15, -0.1) is 11.3 Å². The molecule has 24 heavy (non-hydrogen) atoms. The van der Waals surface area contributed by atoms with Crippen LogP contribution in [0.25, 0.3) is 0 Å². The first-order chi connectivity index (χ1) is 11.7. The van der Waals surface area contributed by atoms with Gasteiger partial charge in [0.05, 0.1) is 25.7 Å². The molecule has 4 rings (SSSR count). The molecule has 3 fully saturated rings. The number of likely N-dealkylation sites (tertiary alicyclic amines) is 1. The van der Waals surface area contributed by atoms with Gasteiger partial charge < -0.3 is 14.7 Å². The van der Waals surface area contributed by atoms with Crippen molar-refractivity contribution in [2.24, 2.45) is 11.8 Å². The van der Waals surface area contributed by atoms with E-state index in [9.17, 15) is 9.90 Å². The number of ether oxygens (including phenoxy) is 1. The lowest BCUT2D eigenvalue weighted by Gasteiger charge is -2.43. The number of fused-ring (bicyclic) bond motifs is 1. The summed E-state index contributed by atoms with van der Waals surface area (Å²) in [6, 6.07) is 4.27. The molecule has 0 aromatic carbocycles. The van der Waals surface area contributed by atoms with Crippen LogP contribution in [0.3, 0.4) is 0 Å². The Labute approximate surface area is 147 Å². The summed E-state index contributed by atoms with van der Waals surface area (Å²) in [5, 5.41) is 12.6. The summed E-state index contributed by atoms with van der Waals surface area (Å²) in [6.45, 7) is 5.05. The molecular formula is C18H26N2O3S. The molecule has 6 heteroatoms. The summed E-state index contributed by atoms with van der Waals surface area (Å²) in [6.07, 6.45) is 2.09. The second-order valence-electron chi connectivity index (χ2n) is 7.33. The predicted molar refractivity (Wildman–Crippen MR) is 93.0 cm³/mol. The largest absolute Gasteiger partial charge is 0.391 e. The highest BCUT2D eigenvalue weighted by Gasteiger charge is 2.44. The molecule has 132 valence electrons. The van der Waals surface area contributed by atoms with E-state index in [1.54, 1.807) is 11.3 Å². The minimum Gasteiger partial charge on any atom is -0.391 e. The maximum Gasteiger partial charge on any atom is 0.227 e. The second kappa shape index (κ2) is 7.12. The third-order valence-electron chi connectivity index (χ3n) is 5.88. The van der Waals surface area contributed by atoms with Gasteiger partial charge in [-0.2, -0.15) is 0 Å². The van der Waals surface area contributed by atoms with E-state index in [2.05, 4.69) is 4.90 Å². The molecule has 0 bridgehead atoms. The number of carbonyl (C=O) groups is 1. The van der Waals surface area contributed by atoms with Crippen molar-refractivity contribution in [1.82, 2.24) is 9.80 Å². The molecule has 3 aliphatic rings. The van der Waals surface area contributed by atoms with E-state index in [1.807, 2.05) is 22.4 Å². The van der Waals surface area contributed by atoms with Crippen molar-refractivity contribution in [3.63, 3.8) is 0 Å². The highest BCUT2D eigenvalue weighted by atomic mass is 32.1. The van der Waals surface area contributed by atoms with Crippen molar-refractivity contribution in [2.75, 3.05) is 39.4 Å². The summed E-state index contributed by atoms with van der Waals surface area (Å²) >= 11 is 1.65. The lowest BCUT2D eigenvalue weighted by Crippen LogP contribution is -2.53. The third-order valence-corrected chi connectivity index (χ3v) is 6.76. The van der Waals surface area contributed by atoms with E-state index in [1.165, 1.54) is 0 Å². The summed E-state index contributed by atoms with van der Waals surface area (Å²) in [5.41, 5.74) is 0. The zero-order valence-corrected chi connectivity index (χ0v) is 14.8. The fourth-order valence-corrected chi connectivity index (χ4v) is 5.28. The molecule has 2 aliphatic heterocycles. The molecule has 1 aliphatic carbocycles. The summed E-state index contributed by atoms with van der Waals surface area (Å²) < 4.78 is 5.44. The minimum absolute atomic E-state index is 0.238. The van der Waals surface area contributed by atoms with Crippen LogP contribution in [0.15, 0.2) is 17.5 Å². The van der Waals surface area contributed by atoms with Crippen molar-refractivity contribution in [3.8, 4) is 0 Å². The van der Waals surface area contributed by atoms with E-state index in [-0.39, 0.29) is 18.1 Å². The highest BCUT2D eigenvalue weighted by Crippen LogP contribution is 2.38. The smallest absolute Gasteiger partial charge is 0.227 e. The van der Waals surface area contributed by atoms with Gasteiger partial charge in [0, 0.05) is 37.1 Å². The maximum absolute atomic E-state index is 12.6. The molecule has 2 saturated heterocycles. The van der Waals surface area contributed by atoms with Gasteiger partial charge in [0.2, 0.25) is 5.91 Å². The van der Waals surface area contributed by atoms with Crippen molar-refractivity contribution in [3.05, 3.63) is 22.4 Å². The monoisotopic (exact) mass is 350 g/mol. The Balaban J connectivity index is 1.37. The number of nitrogens with zero attached hydrogens (tertiary/aromatic N) is 2. The van der Waals surface area contributed by atoms with Gasteiger partial charge in [0.15, 0.2) is 0 Å². The van der Waals surface area contributed by atoms with Crippen LogP contribution in [0.1, 0.15) is 17.7 Å². The molecule has 0 spiro atoms. The molecule has 5 nitrogen and oxygen atoms in total. The van der Waals surface area contributed by atoms with E-state index in [0.29, 0.717) is 18.3 Å². The van der Waals surface area contributed by atoms with Gasteiger partial charge in [-0.3, -0.25) is 9.69 Å². The van der Waals surface area contributed by atoms with Gasteiger partial charge in [-0.25, -0.2) is 0 Å². The van der Waals surface area contributed by atoms with Gasteiger partial charge in [0.25, 0.3) is 0 Å². The van der Waals surface area contributed by atoms with Crippen molar-refractivity contribution < 1.29 is 14.6 Å². The van der Waals surface area contributed by atoms with Crippen LogP contribution < -0.4 is 0 Å². The zero-order valence-electron chi connectivity index (χ0n) is 14.0. The number of carbonyl (C=O) groups excluding carboxylic acids is 1. The van der Waals surface area contributed by atoms with Gasteiger partial charge in [-0.05, 0) is 36.1 Å². The Kier molecular flexibility index (Phi) is 4.90. The third kappa shape index (κ3) is 3.38. The van der Waals surface area contributed by atoms with Crippen molar-refractivity contribution >= 4 is 17.2 Å². The molecule has 0 radical (unpaired) electrons. The van der Waals surface area contributed by atoms with Crippen LogP contribution >= 0.6 is 11.3 Å². The number of amides is 1. The van der Waals surface area contributed by atoms with Gasteiger partial charge in [0.1, 0.15) is 0 Å². The Morgan fingerprint density at radius 2 is 2.00 bits per heavy atom. The Bertz CT molecular complexity index is 559. The normalized spacial score (nSPS) is 34.3. The van der Waals surface area contributed by atoms with Gasteiger partial charge >= 0.3 is 0 Å². The first kappa shape index (κ1) is 16.5. The summed E-state index contributed by atoms with van der Waals surface area (Å²) in [4.78, 5) is 18.1. The number of aliphatic hydroxyl groups excluding tert-OH is 1. The van der Waals surface area contributed by atoms with Crippen LogP contribution in [0.5, 0.6) is 0 Å². The maximum atomic E-state index is 12.6. The first-order valence-corrected chi connectivity index (χ1v) is 9.88. The Hall–Kier alpha value is -0.950. The fraction of sp³-hybridized carbons (Fsp3) is 0.722. The van der Waals surface area contributed by atoms with Crippen LogP contribution in [0.2, 0.25) is 0 Å². The molecular weight excluding hydrogens is 324 g/mol. The predicted octanol–water partition coefficient (Wildman–Crippen LogP) is 1.22. The van der Waals surface area contributed by atoms with E-state index < -0.39 is 0 Å². The summed E-state index contributed by atoms with van der Waals surface area (Å²) in [7, 11) is 0. The lowest BCUT2D eigenvalue weighted by molar-refractivity contribution is -0.129. The molecule has 1 aromatic rings.